The maximum atomic E-state index is 13.9. The molecular formula is C26H28F8N2O3. The molecule has 2 heterocycles. The van der Waals surface area contributed by atoms with E-state index >= 15 is 0 Å². The molecule has 2 aromatic carbocycles. The number of hydrogen-bond acceptors (Lipinski definition) is 5. The third-order valence-corrected chi connectivity index (χ3v) is 6.69. The van der Waals surface area contributed by atoms with Gasteiger partial charge in [-0.05, 0) is 35.4 Å². The first-order valence-corrected chi connectivity index (χ1v) is 12.4. The Kier molecular flexibility index (Phi) is 9.48. The van der Waals surface area contributed by atoms with Gasteiger partial charge in [0.1, 0.15) is 11.6 Å². The van der Waals surface area contributed by atoms with Gasteiger partial charge in [-0.1, -0.05) is 24.3 Å². The molecule has 0 amide bonds. The molecule has 2 unspecified atom stereocenters. The maximum absolute atomic E-state index is 13.9. The van der Waals surface area contributed by atoms with Crippen LogP contribution in [0.5, 0.6) is 0 Å². The first kappa shape index (κ1) is 29.7. The van der Waals surface area contributed by atoms with Crippen LogP contribution in [0, 0.1) is 11.6 Å². The van der Waals surface area contributed by atoms with Gasteiger partial charge in [0, 0.05) is 39.3 Å². The average molecular weight is 569 g/mol. The molecule has 2 saturated heterocycles. The number of halogens is 8. The number of hydrogen-bond donors (Lipinski definition) is 0. The van der Waals surface area contributed by atoms with E-state index in [2.05, 4.69) is 0 Å². The minimum absolute atomic E-state index is 0.0267. The molecule has 4 rings (SSSR count). The van der Waals surface area contributed by atoms with E-state index in [4.69, 9.17) is 14.2 Å². The van der Waals surface area contributed by atoms with Crippen molar-refractivity contribution in [3.63, 3.8) is 0 Å². The summed E-state index contributed by atoms with van der Waals surface area (Å²) < 4.78 is 126. The van der Waals surface area contributed by atoms with Gasteiger partial charge in [-0.3, -0.25) is 9.80 Å². The summed E-state index contributed by atoms with van der Waals surface area (Å²) in [5, 5.41) is 0. The molecule has 2 aliphatic heterocycles. The number of ether oxygens (including phenoxy) is 3. The van der Waals surface area contributed by atoms with Crippen LogP contribution in [0.15, 0.2) is 48.5 Å². The fourth-order valence-electron chi connectivity index (χ4n) is 4.61. The highest BCUT2D eigenvalue weighted by Crippen LogP contribution is 2.33. The minimum atomic E-state index is -5.06. The monoisotopic (exact) mass is 568 g/mol. The van der Waals surface area contributed by atoms with Gasteiger partial charge in [0.25, 0.3) is 0 Å². The zero-order chi connectivity index (χ0) is 28.2. The predicted molar refractivity (Wildman–Crippen MR) is 124 cm³/mol. The Bertz CT molecular complexity index is 966. The van der Waals surface area contributed by atoms with Crippen LogP contribution in [0.1, 0.15) is 23.3 Å². The Morgan fingerprint density at radius 2 is 1.03 bits per heavy atom. The zero-order valence-electron chi connectivity index (χ0n) is 20.7. The lowest BCUT2D eigenvalue weighted by Gasteiger charge is -2.38. The summed E-state index contributed by atoms with van der Waals surface area (Å²) in [4.78, 5) is 2.67. The molecule has 0 aromatic heterocycles. The van der Waals surface area contributed by atoms with Crippen LogP contribution in [0.3, 0.4) is 0 Å². The second-order valence-electron chi connectivity index (χ2n) is 9.54. The molecule has 0 saturated carbocycles. The van der Waals surface area contributed by atoms with Crippen LogP contribution in [-0.4, -0.2) is 86.8 Å². The van der Waals surface area contributed by atoms with Crippen LogP contribution < -0.4 is 0 Å². The van der Waals surface area contributed by atoms with E-state index in [0.29, 0.717) is 11.1 Å². The van der Waals surface area contributed by atoms with Crippen molar-refractivity contribution in [3.8, 4) is 0 Å². The van der Waals surface area contributed by atoms with Gasteiger partial charge in [-0.2, -0.15) is 26.3 Å². The first-order valence-electron chi connectivity index (χ1n) is 12.4. The quantitative estimate of drug-likeness (QED) is 0.405. The molecular weight excluding hydrogens is 540 g/mol. The summed E-state index contributed by atoms with van der Waals surface area (Å²) in [6.07, 6.45) is -16.9. The molecule has 4 atom stereocenters. The highest BCUT2D eigenvalue weighted by atomic mass is 19.4. The summed E-state index contributed by atoms with van der Waals surface area (Å²) in [5.74, 6) is -0.973. The van der Waals surface area contributed by atoms with E-state index in [1.165, 1.54) is 58.3 Å². The SMILES string of the molecule is Fc1ccc(C2CN(C[C@H](O[C@@H](CN3CCOC(c4ccc(F)cc4)C3)C(F)(F)F)C(F)(F)F)CCO2)cc1. The summed E-state index contributed by atoms with van der Waals surface area (Å²) in [6, 6.07) is 10.6. The Morgan fingerprint density at radius 1 is 0.667 bits per heavy atom. The fraction of sp³-hybridized carbons (Fsp3) is 0.538. The van der Waals surface area contributed by atoms with Crippen molar-refractivity contribution in [3.05, 3.63) is 71.3 Å². The molecule has 0 radical (unpaired) electrons. The zero-order valence-corrected chi connectivity index (χ0v) is 20.7. The smallest absolute Gasteiger partial charge is 0.371 e. The molecule has 0 bridgehead atoms. The number of morpholine rings is 2. The maximum Gasteiger partial charge on any atom is 0.415 e. The molecule has 2 fully saturated rings. The van der Waals surface area contributed by atoms with Crippen LogP contribution in [0.4, 0.5) is 35.1 Å². The van der Waals surface area contributed by atoms with Gasteiger partial charge in [-0.25, -0.2) is 8.78 Å². The van der Waals surface area contributed by atoms with E-state index in [1.54, 1.807) is 0 Å². The summed E-state index contributed by atoms with van der Waals surface area (Å²) in [7, 11) is 0. The van der Waals surface area contributed by atoms with Gasteiger partial charge in [0.2, 0.25) is 0 Å². The van der Waals surface area contributed by atoms with Crippen LogP contribution in [0.2, 0.25) is 0 Å². The van der Waals surface area contributed by atoms with Gasteiger partial charge in [-0.15, -0.1) is 0 Å². The van der Waals surface area contributed by atoms with Crippen molar-refractivity contribution in [2.24, 2.45) is 0 Å². The first-order chi connectivity index (χ1) is 18.4. The Balaban J connectivity index is 1.42. The van der Waals surface area contributed by atoms with Gasteiger partial charge >= 0.3 is 12.4 Å². The number of alkyl halides is 6. The van der Waals surface area contributed by atoms with Gasteiger partial charge < -0.3 is 14.2 Å². The molecule has 5 nitrogen and oxygen atoms in total. The normalized spacial score (nSPS) is 23.5. The van der Waals surface area contributed by atoms with E-state index in [9.17, 15) is 35.1 Å². The summed E-state index contributed by atoms with van der Waals surface area (Å²) in [6.45, 7) is -1.47. The summed E-state index contributed by atoms with van der Waals surface area (Å²) >= 11 is 0. The second-order valence-corrected chi connectivity index (χ2v) is 9.54. The lowest BCUT2D eigenvalue weighted by Crippen LogP contribution is -2.53. The van der Waals surface area contributed by atoms with E-state index < -0.39 is 61.5 Å². The number of benzene rings is 2. The Hall–Kier alpha value is -2.32. The lowest BCUT2D eigenvalue weighted by atomic mass is 10.1. The standard InChI is InChI=1S/C26H28F8N2O3/c27-19-5-1-17(2-6-19)21-13-35(9-11-37-21)15-23(25(29,30)31)39-24(26(32,33)34)16-36-10-12-38-22(14-36)18-3-7-20(28)8-4-18/h1-8,21-24H,9-16H2/t21?,22?,23-,24-/m0/s1. The van der Waals surface area contributed by atoms with Crippen LogP contribution in [0.25, 0.3) is 0 Å². The van der Waals surface area contributed by atoms with Crippen LogP contribution >= 0.6 is 0 Å². The van der Waals surface area contributed by atoms with Gasteiger partial charge in [0.15, 0.2) is 12.2 Å². The highest BCUT2D eigenvalue weighted by molar-refractivity contribution is 5.20. The third kappa shape index (κ3) is 8.34. The highest BCUT2D eigenvalue weighted by Gasteiger charge is 2.50. The predicted octanol–water partition coefficient (Wildman–Crippen LogP) is 5.29. The number of rotatable bonds is 8. The third-order valence-electron chi connectivity index (χ3n) is 6.69. The lowest BCUT2D eigenvalue weighted by molar-refractivity contribution is -0.292. The Labute approximate surface area is 220 Å². The largest absolute Gasteiger partial charge is 0.415 e. The fourth-order valence-corrected chi connectivity index (χ4v) is 4.61. The molecule has 0 N–H and O–H groups in total. The minimum Gasteiger partial charge on any atom is -0.371 e. The molecule has 2 aromatic rings. The molecule has 2 aliphatic rings. The Morgan fingerprint density at radius 3 is 1.36 bits per heavy atom. The van der Waals surface area contributed by atoms with E-state index in [1.807, 2.05) is 0 Å². The second kappa shape index (κ2) is 12.5. The van der Waals surface area contributed by atoms with Crippen molar-refractivity contribution >= 4 is 0 Å². The molecule has 13 heteroatoms. The van der Waals surface area contributed by atoms with Crippen LogP contribution in [-0.2, 0) is 14.2 Å². The van der Waals surface area contributed by atoms with Gasteiger partial charge in [0.05, 0.1) is 25.4 Å². The van der Waals surface area contributed by atoms with Crippen molar-refractivity contribution < 1.29 is 49.3 Å². The van der Waals surface area contributed by atoms with Crippen molar-refractivity contribution in [1.82, 2.24) is 9.80 Å². The molecule has 0 aliphatic carbocycles. The van der Waals surface area contributed by atoms with E-state index in [0.717, 1.165) is 0 Å². The van der Waals surface area contributed by atoms with E-state index in [-0.39, 0.29) is 39.4 Å². The molecule has 0 spiro atoms. The van der Waals surface area contributed by atoms with Crippen molar-refractivity contribution in [2.45, 2.75) is 36.8 Å². The van der Waals surface area contributed by atoms with Crippen molar-refractivity contribution in [1.29, 1.82) is 0 Å². The molecule has 216 valence electrons. The number of nitrogens with zero attached hydrogens (tertiary/aromatic N) is 2. The topological polar surface area (TPSA) is 34.2 Å². The summed E-state index contributed by atoms with van der Waals surface area (Å²) in [5.41, 5.74) is 1.09. The average Bonchev–Trinajstić information content (AvgIpc) is 2.88. The van der Waals surface area contributed by atoms with Crippen molar-refractivity contribution in [2.75, 3.05) is 52.5 Å². The molecule has 39 heavy (non-hydrogen) atoms.